The summed E-state index contributed by atoms with van der Waals surface area (Å²) in [5.74, 6) is 1.34. The van der Waals surface area contributed by atoms with E-state index >= 15 is 0 Å². The molecule has 0 unspecified atom stereocenters. The van der Waals surface area contributed by atoms with E-state index < -0.39 is 0 Å². The van der Waals surface area contributed by atoms with Gasteiger partial charge in [0.1, 0.15) is 13.2 Å². The molecule has 8 heteroatoms. The summed E-state index contributed by atoms with van der Waals surface area (Å²) in [5, 5.41) is 2.82. The molecule has 1 saturated heterocycles. The second kappa shape index (κ2) is 14.8. The second-order valence-corrected chi connectivity index (χ2v) is 8.16. The highest BCUT2D eigenvalue weighted by atomic mass is 32.2. The molecule has 1 aromatic heterocycles. The fourth-order valence-electron chi connectivity index (χ4n) is 2.99. The standard InChI is InChI=1S/C22H33N3O4S/c1-2-22(27)29-14-15-30-18-20(26)23-9-4-7-13-28-21-16-19(8-10-24-21)17-25-11-5-3-6-12-25/h4,7-8,10,16H,2-3,5-6,9,11-15,17-18H2,1H3,(H,23,26). The lowest BCUT2D eigenvalue weighted by molar-refractivity contribution is -0.142. The smallest absolute Gasteiger partial charge is 0.305 e. The Hall–Kier alpha value is -2.06. The van der Waals surface area contributed by atoms with Gasteiger partial charge in [-0.2, -0.15) is 0 Å². The number of hydrogen-bond acceptors (Lipinski definition) is 7. The van der Waals surface area contributed by atoms with E-state index in [1.54, 1.807) is 13.1 Å². The van der Waals surface area contributed by atoms with Crippen molar-refractivity contribution in [1.82, 2.24) is 15.2 Å². The molecular weight excluding hydrogens is 402 g/mol. The minimum Gasteiger partial charge on any atom is -0.473 e. The largest absolute Gasteiger partial charge is 0.473 e. The Balaban J connectivity index is 1.54. The lowest BCUT2D eigenvalue weighted by Crippen LogP contribution is -2.29. The summed E-state index contributed by atoms with van der Waals surface area (Å²) in [4.78, 5) is 29.5. The number of carbonyl (C=O) groups excluding carboxylic acids is 2. The van der Waals surface area contributed by atoms with E-state index in [9.17, 15) is 9.59 Å². The van der Waals surface area contributed by atoms with Crippen LogP contribution in [-0.2, 0) is 20.9 Å². The maximum Gasteiger partial charge on any atom is 0.305 e. The van der Waals surface area contributed by atoms with Crippen LogP contribution in [0, 0.1) is 0 Å². The third-order valence-corrected chi connectivity index (χ3v) is 5.50. The molecule has 1 amide bonds. The maximum absolute atomic E-state index is 11.7. The number of amides is 1. The van der Waals surface area contributed by atoms with Crippen molar-refractivity contribution in [1.29, 1.82) is 0 Å². The van der Waals surface area contributed by atoms with E-state index in [-0.39, 0.29) is 11.9 Å². The van der Waals surface area contributed by atoms with E-state index in [0.717, 1.165) is 19.6 Å². The first-order chi connectivity index (χ1) is 14.7. The molecule has 1 N–H and O–H groups in total. The average molecular weight is 436 g/mol. The SMILES string of the molecule is CCC(=O)OCCSCC(=O)NCC=CCOc1cc(CN2CCCCC2)ccn1. The van der Waals surface area contributed by atoms with Gasteiger partial charge in [-0.3, -0.25) is 14.5 Å². The van der Waals surface area contributed by atoms with Gasteiger partial charge in [0.15, 0.2) is 0 Å². The number of piperidine rings is 1. The molecule has 0 aromatic carbocycles. The van der Waals surface area contributed by atoms with Crippen LogP contribution in [0.4, 0.5) is 0 Å². The highest BCUT2D eigenvalue weighted by Crippen LogP contribution is 2.15. The van der Waals surface area contributed by atoms with Crippen LogP contribution in [0.25, 0.3) is 0 Å². The lowest BCUT2D eigenvalue weighted by atomic mass is 10.1. The average Bonchev–Trinajstić information content (AvgIpc) is 2.76. The van der Waals surface area contributed by atoms with Crippen molar-refractivity contribution in [2.75, 3.05) is 44.4 Å². The van der Waals surface area contributed by atoms with Crippen molar-refractivity contribution in [3.8, 4) is 5.88 Å². The topological polar surface area (TPSA) is 80.8 Å². The Morgan fingerprint density at radius 3 is 2.90 bits per heavy atom. The number of carbonyl (C=O) groups is 2. The zero-order chi connectivity index (χ0) is 21.4. The molecule has 30 heavy (non-hydrogen) atoms. The van der Waals surface area contributed by atoms with Gasteiger partial charge in [0.05, 0.1) is 5.75 Å². The Labute approximate surface area is 183 Å². The fourth-order valence-corrected chi connectivity index (χ4v) is 3.63. The zero-order valence-electron chi connectivity index (χ0n) is 17.8. The first kappa shape index (κ1) is 24.2. The Morgan fingerprint density at radius 2 is 2.10 bits per heavy atom. The summed E-state index contributed by atoms with van der Waals surface area (Å²) in [6, 6.07) is 4.04. The summed E-state index contributed by atoms with van der Waals surface area (Å²) in [5.41, 5.74) is 1.22. The fraction of sp³-hybridized carbons (Fsp3) is 0.591. The van der Waals surface area contributed by atoms with Crippen molar-refractivity contribution < 1.29 is 19.1 Å². The van der Waals surface area contributed by atoms with E-state index in [4.69, 9.17) is 9.47 Å². The van der Waals surface area contributed by atoms with E-state index in [2.05, 4.69) is 15.2 Å². The monoisotopic (exact) mass is 435 g/mol. The van der Waals surface area contributed by atoms with Gasteiger partial charge in [0.2, 0.25) is 11.8 Å². The number of esters is 1. The first-order valence-corrected chi connectivity index (χ1v) is 11.8. The first-order valence-electron chi connectivity index (χ1n) is 10.6. The minimum atomic E-state index is -0.212. The lowest BCUT2D eigenvalue weighted by Gasteiger charge is -2.26. The van der Waals surface area contributed by atoms with Gasteiger partial charge in [-0.05, 0) is 43.6 Å². The molecule has 0 bridgehead atoms. The van der Waals surface area contributed by atoms with Gasteiger partial charge in [0, 0.05) is 37.5 Å². The summed E-state index contributed by atoms with van der Waals surface area (Å²) >= 11 is 1.44. The molecule has 166 valence electrons. The van der Waals surface area contributed by atoms with Crippen molar-refractivity contribution >= 4 is 23.6 Å². The van der Waals surface area contributed by atoms with Crippen LogP contribution in [0.3, 0.4) is 0 Å². The van der Waals surface area contributed by atoms with E-state index in [0.29, 0.717) is 43.6 Å². The van der Waals surface area contributed by atoms with Crippen LogP contribution in [0.5, 0.6) is 5.88 Å². The molecule has 0 aliphatic carbocycles. The van der Waals surface area contributed by atoms with Gasteiger partial charge in [-0.15, -0.1) is 11.8 Å². The summed E-state index contributed by atoms with van der Waals surface area (Å²) < 4.78 is 10.6. The molecule has 0 atom stereocenters. The van der Waals surface area contributed by atoms with Gasteiger partial charge in [-0.25, -0.2) is 4.98 Å². The summed E-state index contributed by atoms with van der Waals surface area (Å²) in [7, 11) is 0. The zero-order valence-corrected chi connectivity index (χ0v) is 18.6. The van der Waals surface area contributed by atoms with Crippen molar-refractivity contribution in [3.05, 3.63) is 36.0 Å². The Kier molecular flexibility index (Phi) is 12.0. The maximum atomic E-state index is 11.7. The molecule has 2 heterocycles. The number of ether oxygens (including phenoxy) is 2. The number of nitrogens with zero attached hydrogens (tertiary/aromatic N) is 2. The molecule has 1 aliphatic rings. The highest BCUT2D eigenvalue weighted by Gasteiger charge is 2.10. The number of aromatic nitrogens is 1. The quantitative estimate of drug-likeness (QED) is 0.290. The predicted octanol–water partition coefficient (Wildman–Crippen LogP) is 2.81. The second-order valence-electron chi connectivity index (χ2n) is 7.05. The van der Waals surface area contributed by atoms with Gasteiger partial charge < -0.3 is 14.8 Å². The Bertz CT molecular complexity index is 678. The molecular formula is C22H33N3O4S. The minimum absolute atomic E-state index is 0.0422. The highest BCUT2D eigenvalue weighted by molar-refractivity contribution is 7.99. The molecule has 2 rings (SSSR count). The molecule has 1 fully saturated rings. The molecule has 1 aromatic rings. The van der Waals surface area contributed by atoms with Gasteiger partial charge >= 0.3 is 5.97 Å². The third kappa shape index (κ3) is 10.6. The number of nitrogens with one attached hydrogen (secondary N) is 1. The number of thioether (sulfide) groups is 1. The number of pyridine rings is 1. The normalized spacial score (nSPS) is 14.6. The summed E-state index contributed by atoms with van der Waals surface area (Å²) in [6.45, 7) is 6.24. The van der Waals surface area contributed by atoms with Crippen LogP contribution in [0.2, 0.25) is 0 Å². The van der Waals surface area contributed by atoms with Crippen LogP contribution >= 0.6 is 11.8 Å². The van der Waals surface area contributed by atoms with E-state index in [1.807, 2.05) is 24.3 Å². The Morgan fingerprint density at radius 1 is 1.27 bits per heavy atom. The van der Waals surface area contributed by atoms with E-state index in [1.165, 1.54) is 36.6 Å². The number of likely N-dealkylation sites (tertiary alicyclic amines) is 1. The van der Waals surface area contributed by atoms with Crippen LogP contribution in [-0.4, -0.2) is 66.1 Å². The van der Waals surface area contributed by atoms with Crippen molar-refractivity contribution in [3.63, 3.8) is 0 Å². The third-order valence-electron chi connectivity index (χ3n) is 4.58. The van der Waals surface area contributed by atoms with Crippen LogP contribution in [0.1, 0.15) is 38.2 Å². The van der Waals surface area contributed by atoms with Crippen LogP contribution in [0.15, 0.2) is 30.5 Å². The number of rotatable bonds is 13. The van der Waals surface area contributed by atoms with Crippen LogP contribution < -0.4 is 10.1 Å². The summed E-state index contributed by atoms with van der Waals surface area (Å²) in [6.07, 6.45) is 9.80. The van der Waals surface area contributed by atoms with Gasteiger partial charge in [0.25, 0.3) is 0 Å². The molecule has 1 aliphatic heterocycles. The molecule has 0 spiro atoms. The molecule has 7 nitrogen and oxygen atoms in total. The van der Waals surface area contributed by atoms with Crippen molar-refractivity contribution in [2.24, 2.45) is 0 Å². The number of hydrogen-bond donors (Lipinski definition) is 1. The molecule has 0 saturated carbocycles. The van der Waals surface area contributed by atoms with Crippen molar-refractivity contribution in [2.45, 2.75) is 39.2 Å². The molecule has 0 radical (unpaired) electrons. The predicted molar refractivity (Wildman–Crippen MR) is 120 cm³/mol. The van der Waals surface area contributed by atoms with Gasteiger partial charge in [-0.1, -0.05) is 19.4 Å².